The highest BCUT2D eigenvalue weighted by atomic mass is 32.2. The van der Waals surface area contributed by atoms with Gasteiger partial charge in [-0.3, -0.25) is 29.3 Å². The molecule has 69 heavy (non-hydrogen) atoms. The van der Waals surface area contributed by atoms with E-state index in [9.17, 15) is 22.8 Å². The number of piperazine rings is 1. The number of para-hydroxylation sites is 3. The van der Waals surface area contributed by atoms with Crippen LogP contribution in [0.15, 0.2) is 101 Å². The highest BCUT2D eigenvalue weighted by Gasteiger charge is 2.39. The molecule has 1 aromatic heterocycles. The van der Waals surface area contributed by atoms with Gasteiger partial charge in [-0.2, -0.15) is 0 Å². The fraction of sp³-hybridized carbons (Fsp3) is 0.462. The number of fused-ring (bicyclic) bond motifs is 3. The lowest BCUT2D eigenvalue weighted by Crippen LogP contribution is -2.54. The molecular formula is C52H65N7O9S. The largest absolute Gasteiger partial charge is 0.495 e. The van der Waals surface area contributed by atoms with E-state index in [1.54, 1.807) is 34.8 Å². The number of sulfonamides is 1. The first-order valence-electron chi connectivity index (χ1n) is 24.3. The van der Waals surface area contributed by atoms with E-state index in [0.717, 1.165) is 63.5 Å². The molecule has 0 spiro atoms. The van der Waals surface area contributed by atoms with Crippen LogP contribution in [0, 0.1) is 6.92 Å². The lowest BCUT2D eigenvalue weighted by Gasteiger charge is -2.48. The molecule has 2 N–H and O–H groups in total. The van der Waals surface area contributed by atoms with Gasteiger partial charge in [-0.15, -0.1) is 0 Å². The lowest BCUT2D eigenvalue weighted by atomic mass is 9.82. The molecular weight excluding hydrogens is 899 g/mol. The Labute approximate surface area is 404 Å². The number of nitrogens with zero attached hydrogens (tertiary/aromatic N) is 5. The monoisotopic (exact) mass is 963 g/mol. The normalized spacial score (nSPS) is 18.7. The molecule has 2 unspecified atom stereocenters. The first-order chi connectivity index (χ1) is 33.5. The smallest absolute Gasteiger partial charge is 0.412 e. The van der Waals surface area contributed by atoms with Crippen LogP contribution in [0.3, 0.4) is 0 Å². The van der Waals surface area contributed by atoms with Crippen molar-refractivity contribution in [3.63, 3.8) is 0 Å². The Kier molecular flexibility index (Phi) is 16.5. The quantitative estimate of drug-likeness (QED) is 0.0747. The number of hydrogen-bond donors (Lipinski definition) is 2. The van der Waals surface area contributed by atoms with E-state index in [4.69, 9.17) is 23.9 Å². The molecule has 17 heteroatoms. The number of benzene rings is 4. The predicted octanol–water partition coefficient (Wildman–Crippen LogP) is 7.30. The number of ether oxygens (including phenoxy) is 4. The summed E-state index contributed by atoms with van der Waals surface area (Å²) in [6.07, 6.45) is 8.12. The second kappa shape index (κ2) is 23.1. The third-order valence-corrected chi connectivity index (χ3v) is 14.9. The highest BCUT2D eigenvalue weighted by Crippen LogP contribution is 2.36. The van der Waals surface area contributed by atoms with Gasteiger partial charge in [0.15, 0.2) is 6.61 Å². The van der Waals surface area contributed by atoms with Gasteiger partial charge < -0.3 is 23.8 Å². The molecule has 368 valence electrons. The maximum atomic E-state index is 13.9. The summed E-state index contributed by atoms with van der Waals surface area (Å²) in [4.78, 5) is 51.6. The topological polar surface area (TPSA) is 174 Å². The number of methoxy groups -OCH3 is 1. The highest BCUT2D eigenvalue weighted by molar-refractivity contribution is 7.89. The van der Waals surface area contributed by atoms with Crippen LogP contribution in [0.2, 0.25) is 0 Å². The molecule has 3 fully saturated rings. The molecule has 3 aliphatic rings. The van der Waals surface area contributed by atoms with Crippen molar-refractivity contribution in [1.29, 1.82) is 0 Å². The van der Waals surface area contributed by atoms with E-state index < -0.39 is 16.1 Å². The number of unbranched alkanes of at least 4 members (excludes halogenated alkanes) is 3. The Morgan fingerprint density at radius 2 is 1.55 bits per heavy atom. The van der Waals surface area contributed by atoms with Crippen LogP contribution >= 0.6 is 0 Å². The van der Waals surface area contributed by atoms with Gasteiger partial charge in [-0.1, -0.05) is 49.6 Å². The fourth-order valence-corrected chi connectivity index (χ4v) is 11.0. The molecule has 2 bridgehead atoms. The second-order valence-corrected chi connectivity index (χ2v) is 19.9. The van der Waals surface area contributed by atoms with E-state index in [-0.39, 0.29) is 29.1 Å². The number of anilines is 1. The summed E-state index contributed by atoms with van der Waals surface area (Å²) >= 11 is 0. The minimum Gasteiger partial charge on any atom is -0.495 e. The minimum absolute atomic E-state index is 0.124. The molecule has 0 saturated carbocycles. The molecule has 4 aromatic carbocycles. The number of piperidine rings is 2. The van der Waals surface area contributed by atoms with Crippen LogP contribution in [-0.4, -0.2) is 122 Å². The van der Waals surface area contributed by atoms with Crippen LogP contribution < -0.4 is 29.8 Å². The zero-order valence-corrected chi connectivity index (χ0v) is 40.8. The third kappa shape index (κ3) is 12.4. The average molecular weight is 964 g/mol. The van der Waals surface area contributed by atoms with E-state index in [2.05, 4.69) is 19.8 Å². The number of aryl methyl sites for hydroxylation is 1. The second-order valence-electron chi connectivity index (χ2n) is 18.1. The van der Waals surface area contributed by atoms with E-state index in [1.807, 2.05) is 74.5 Å². The summed E-state index contributed by atoms with van der Waals surface area (Å²) < 4.78 is 53.6. The number of carbonyl (C=O) groups excluding carboxylic acids is 2. The summed E-state index contributed by atoms with van der Waals surface area (Å²) in [7, 11) is -2.14. The van der Waals surface area contributed by atoms with Crippen LogP contribution in [0.25, 0.3) is 16.6 Å². The number of aromatic nitrogens is 2. The average Bonchev–Trinajstić information content (AvgIpc) is 3.34. The number of carbonyl (C=O) groups is 2. The van der Waals surface area contributed by atoms with Crippen LogP contribution in [-0.2, 0) is 26.1 Å². The van der Waals surface area contributed by atoms with Gasteiger partial charge in [0.05, 0.1) is 47.4 Å². The number of hydrogen-bond acceptors (Lipinski definition) is 12. The molecule has 3 aliphatic heterocycles. The van der Waals surface area contributed by atoms with Crippen molar-refractivity contribution in [2.75, 3.05) is 64.9 Å². The summed E-state index contributed by atoms with van der Waals surface area (Å²) in [5, 5.41) is 3.39. The van der Waals surface area contributed by atoms with Crippen molar-refractivity contribution < 1.29 is 37.0 Å². The van der Waals surface area contributed by atoms with Gasteiger partial charge in [0.2, 0.25) is 10.0 Å². The Morgan fingerprint density at radius 1 is 0.826 bits per heavy atom. The van der Waals surface area contributed by atoms with Crippen LogP contribution in [0.4, 0.5) is 10.5 Å². The fourth-order valence-electron chi connectivity index (χ4n) is 9.92. The van der Waals surface area contributed by atoms with Crippen molar-refractivity contribution in [3.05, 3.63) is 113 Å². The molecule has 0 aliphatic carbocycles. The van der Waals surface area contributed by atoms with Gasteiger partial charge in [0.25, 0.3) is 11.5 Å². The Balaban J connectivity index is 0.730. The van der Waals surface area contributed by atoms with Crippen molar-refractivity contribution in [3.8, 4) is 22.9 Å². The van der Waals surface area contributed by atoms with Gasteiger partial charge in [-0.05, 0) is 112 Å². The first kappa shape index (κ1) is 49.4. The molecule has 3 saturated heterocycles. The molecule has 5 aromatic rings. The van der Waals surface area contributed by atoms with Gasteiger partial charge in [0, 0.05) is 57.6 Å². The van der Waals surface area contributed by atoms with E-state index in [0.29, 0.717) is 103 Å². The molecule has 0 radical (unpaired) electrons. The lowest BCUT2D eigenvalue weighted by molar-refractivity contribution is -0.135. The maximum Gasteiger partial charge on any atom is 0.412 e. The Hall–Kier alpha value is -6.01. The van der Waals surface area contributed by atoms with Crippen molar-refractivity contribution in [2.24, 2.45) is 0 Å². The SMILES string of the molecule is CCOc1ccccc1-n1c(CN2CCN(C(=O)COc3ccc(S(=O)(=O)NCCCCCCN4C5CCCC4CC(OC(=O)Nc4cc(C)ccc4OC)C5)cc3)CC2)nc2ccccc2c1=O. The standard InChI is InChI=1S/C52H65N7O9S/c1-4-66-48-19-10-9-18-46(48)59-49(54-44-17-8-7-16-43(44)51(59)61)35-56-28-30-57(31-29-56)50(60)36-67-40-21-23-42(24-22-40)69(63,64)53-26-11-5-6-12-27-58-38-14-13-15-39(58)34-41(33-38)68-52(62)55-45-32-37(2)20-25-47(45)65-3/h7-10,16-25,32,38-39,41,53H,4-6,11-15,26-31,33-36H2,1-3H3,(H,55,62). The Morgan fingerprint density at radius 3 is 2.30 bits per heavy atom. The first-order valence-corrected chi connectivity index (χ1v) is 25.8. The maximum absolute atomic E-state index is 13.9. The Bertz CT molecular complexity index is 2710. The number of rotatable bonds is 20. The molecule has 8 rings (SSSR count). The van der Waals surface area contributed by atoms with Gasteiger partial charge >= 0.3 is 6.09 Å². The molecule has 16 nitrogen and oxygen atoms in total. The summed E-state index contributed by atoms with van der Waals surface area (Å²) in [6, 6.07) is 27.3. The summed E-state index contributed by atoms with van der Waals surface area (Å²) in [6.45, 7) is 7.98. The minimum atomic E-state index is -3.72. The van der Waals surface area contributed by atoms with Crippen molar-refractivity contribution >= 4 is 38.6 Å². The van der Waals surface area contributed by atoms with Crippen LogP contribution in [0.5, 0.6) is 17.2 Å². The van der Waals surface area contributed by atoms with E-state index >= 15 is 0 Å². The summed E-state index contributed by atoms with van der Waals surface area (Å²) in [5.74, 6) is 2.02. The van der Waals surface area contributed by atoms with Crippen molar-refractivity contribution in [1.82, 2.24) is 29.0 Å². The van der Waals surface area contributed by atoms with Crippen molar-refractivity contribution in [2.45, 2.75) is 101 Å². The summed E-state index contributed by atoms with van der Waals surface area (Å²) in [5.41, 5.74) is 2.71. The number of nitrogens with one attached hydrogen (secondary N) is 2. The van der Waals surface area contributed by atoms with Gasteiger partial charge in [-0.25, -0.2) is 22.9 Å². The molecule has 2 atom stereocenters. The predicted molar refractivity (Wildman–Crippen MR) is 265 cm³/mol. The third-order valence-electron chi connectivity index (χ3n) is 13.4. The van der Waals surface area contributed by atoms with Gasteiger partial charge in [0.1, 0.15) is 29.2 Å². The zero-order valence-electron chi connectivity index (χ0n) is 39.9. The molecule has 2 amide bonds. The number of amides is 2. The van der Waals surface area contributed by atoms with E-state index in [1.165, 1.54) is 18.6 Å². The van der Waals surface area contributed by atoms with Crippen LogP contribution in [0.1, 0.15) is 76.1 Å². The zero-order chi connectivity index (χ0) is 48.3. The molecule has 4 heterocycles.